The lowest BCUT2D eigenvalue weighted by atomic mass is 9.96. The maximum Gasteiger partial charge on any atom is 0.350 e. The number of amides is 1. The van der Waals surface area contributed by atoms with Gasteiger partial charge in [-0.2, -0.15) is 5.10 Å². The second-order valence-corrected chi connectivity index (χ2v) is 8.00. The third-order valence-corrected chi connectivity index (χ3v) is 5.88. The van der Waals surface area contributed by atoms with Crippen LogP contribution in [-0.2, 0) is 7.05 Å². The number of aromatic nitrogens is 3. The van der Waals surface area contributed by atoms with Gasteiger partial charge in [0.05, 0.1) is 11.1 Å². The quantitative estimate of drug-likeness (QED) is 0.499. The Balaban J connectivity index is 1.47. The van der Waals surface area contributed by atoms with Gasteiger partial charge in [0.1, 0.15) is 11.4 Å². The molecule has 8 heteroatoms. The van der Waals surface area contributed by atoms with Crippen LogP contribution in [0.1, 0.15) is 35.1 Å². The van der Waals surface area contributed by atoms with Crippen molar-refractivity contribution in [3.63, 3.8) is 0 Å². The first kappa shape index (κ1) is 20.0. The number of aryl methyl sites for hydroxylation is 1. The summed E-state index contributed by atoms with van der Waals surface area (Å²) in [7, 11) is 1.63. The number of likely N-dealkylation sites (tertiary alicyclic amines) is 1. The van der Waals surface area contributed by atoms with E-state index in [1.165, 1.54) is 10.7 Å². The van der Waals surface area contributed by atoms with Gasteiger partial charge in [0.15, 0.2) is 11.2 Å². The summed E-state index contributed by atoms with van der Waals surface area (Å²) in [6, 6.07) is 17.5. The van der Waals surface area contributed by atoms with Crippen LogP contribution in [0.4, 0.5) is 0 Å². The van der Waals surface area contributed by atoms with Crippen molar-refractivity contribution in [3.8, 4) is 5.69 Å². The minimum Gasteiger partial charge on any atom is -0.451 e. The van der Waals surface area contributed by atoms with Gasteiger partial charge in [0.25, 0.3) is 5.91 Å². The monoisotopic (exact) mass is 430 g/mol. The summed E-state index contributed by atoms with van der Waals surface area (Å²) in [6.45, 7) is 0.937. The highest BCUT2D eigenvalue weighted by Crippen LogP contribution is 2.27. The summed E-state index contributed by atoms with van der Waals surface area (Å²) >= 11 is 0. The molecule has 0 radical (unpaired) electrons. The molecule has 0 saturated carbocycles. The lowest BCUT2D eigenvalue weighted by Gasteiger charge is -2.32. The Morgan fingerprint density at radius 1 is 1.06 bits per heavy atom. The molecule has 0 bridgehead atoms. The molecule has 162 valence electrons. The number of hydrogen-bond acceptors (Lipinski definition) is 5. The maximum atomic E-state index is 13.2. The Hall–Kier alpha value is -3.94. The third kappa shape index (κ3) is 3.43. The SMILES string of the molecule is Cn1nc(C2CCCN(C(=O)c3cc(=O)c4ccccc4o3)C2)n(-c2ccccc2)c1=O. The van der Waals surface area contributed by atoms with Gasteiger partial charge >= 0.3 is 5.69 Å². The van der Waals surface area contributed by atoms with Gasteiger partial charge in [-0.15, -0.1) is 0 Å². The van der Waals surface area contributed by atoms with E-state index >= 15 is 0 Å². The molecule has 1 unspecified atom stereocenters. The lowest BCUT2D eigenvalue weighted by molar-refractivity contribution is 0.0672. The number of nitrogens with zero attached hydrogens (tertiary/aromatic N) is 4. The molecule has 1 aliphatic heterocycles. The highest BCUT2D eigenvalue weighted by molar-refractivity contribution is 5.93. The molecule has 1 amide bonds. The molecule has 1 aliphatic rings. The molecule has 1 atom stereocenters. The Kier molecular flexibility index (Phi) is 4.97. The fourth-order valence-electron chi connectivity index (χ4n) is 4.31. The molecule has 8 nitrogen and oxygen atoms in total. The molecule has 0 N–H and O–H groups in total. The van der Waals surface area contributed by atoms with Crippen LogP contribution in [-0.4, -0.2) is 38.2 Å². The third-order valence-electron chi connectivity index (χ3n) is 5.88. The lowest BCUT2D eigenvalue weighted by Crippen LogP contribution is -2.40. The van der Waals surface area contributed by atoms with Crippen LogP contribution in [0, 0.1) is 0 Å². The zero-order valence-electron chi connectivity index (χ0n) is 17.6. The number of para-hydroxylation sites is 2. The number of benzene rings is 2. The van der Waals surface area contributed by atoms with Crippen LogP contribution in [0.25, 0.3) is 16.7 Å². The van der Waals surface area contributed by atoms with Gasteiger partial charge in [-0.1, -0.05) is 30.3 Å². The summed E-state index contributed by atoms with van der Waals surface area (Å²) in [6.07, 6.45) is 1.56. The highest BCUT2D eigenvalue weighted by Gasteiger charge is 2.31. The van der Waals surface area contributed by atoms with Gasteiger partial charge in [-0.25, -0.2) is 14.0 Å². The summed E-state index contributed by atoms with van der Waals surface area (Å²) in [5, 5.41) is 4.93. The van der Waals surface area contributed by atoms with E-state index < -0.39 is 0 Å². The van der Waals surface area contributed by atoms with Gasteiger partial charge in [-0.3, -0.25) is 9.59 Å². The van der Waals surface area contributed by atoms with Gasteiger partial charge in [-0.05, 0) is 37.1 Å². The molecular weight excluding hydrogens is 408 g/mol. The van der Waals surface area contributed by atoms with E-state index in [9.17, 15) is 14.4 Å². The molecule has 1 saturated heterocycles. The molecule has 5 rings (SSSR count). The van der Waals surface area contributed by atoms with Crippen LogP contribution in [0.2, 0.25) is 0 Å². The molecule has 2 aromatic heterocycles. The van der Waals surface area contributed by atoms with E-state index in [2.05, 4.69) is 5.10 Å². The Labute approximate surface area is 183 Å². The van der Waals surface area contributed by atoms with Crippen molar-refractivity contribution in [3.05, 3.63) is 93.0 Å². The minimum atomic E-state index is -0.331. The van der Waals surface area contributed by atoms with Crippen LogP contribution in [0.15, 0.2) is 74.7 Å². The zero-order valence-corrected chi connectivity index (χ0v) is 17.6. The van der Waals surface area contributed by atoms with Crippen LogP contribution < -0.4 is 11.1 Å². The molecule has 0 spiro atoms. The van der Waals surface area contributed by atoms with E-state index in [4.69, 9.17) is 4.42 Å². The van der Waals surface area contributed by atoms with E-state index in [0.717, 1.165) is 18.5 Å². The first-order valence-electron chi connectivity index (χ1n) is 10.6. The predicted octanol–water partition coefficient (Wildman–Crippen LogP) is 2.70. The number of hydrogen-bond donors (Lipinski definition) is 0. The zero-order chi connectivity index (χ0) is 22.2. The van der Waals surface area contributed by atoms with Crippen molar-refractivity contribution in [1.82, 2.24) is 19.2 Å². The topological polar surface area (TPSA) is 90.3 Å². The van der Waals surface area contributed by atoms with Crippen molar-refractivity contribution >= 4 is 16.9 Å². The first-order chi connectivity index (χ1) is 15.5. The number of rotatable bonds is 3. The fraction of sp³-hybridized carbons (Fsp3) is 0.250. The molecule has 0 aliphatic carbocycles. The number of piperidine rings is 1. The van der Waals surface area contributed by atoms with Crippen LogP contribution in [0.3, 0.4) is 0 Å². The van der Waals surface area contributed by atoms with E-state index in [1.54, 1.807) is 40.8 Å². The summed E-state index contributed by atoms with van der Waals surface area (Å²) in [4.78, 5) is 40.1. The maximum absolute atomic E-state index is 13.2. The average Bonchev–Trinajstić information content (AvgIpc) is 3.13. The Morgan fingerprint density at radius 3 is 2.62 bits per heavy atom. The molecule has 32 heavy (non-hydrogen) atoms. The standard InChI is InChI=1S/C24H22N4O4/c1-26-24(31)28(17-9-3-2-4-10-17)22(25-26)16-8-7-13-27(15-16)23(30)21-14-19(29)18-11-5-6-12-20(18)32-21/h2-6,9-12,14,16H,7-8,13,15H2,1H3. The summed E-state index contributed by atoms with van der Waals surface area (Å²) < 4.78 is 8.68. The van der Waals surface area contributed by atoms with Crippen LogP contribution in [0.5, 0.6) is 0 Å². The van der Waals surface area contributed by atoms with Gasteiger partial charge < -0.3 is 9.32 Å². The summed E-state index contributed by atoms with van der Waals surface area (Å²) in [5.74, 6) is 0.202. The van der Waals surface area contributed by atoms with Crippen molar-refractivity contribution in [1.29, 1.82) is 0 Å². The van der Waals surface area contributed by atoms with Gasteiger partial charge in [0.2, 0.25) is 0 Å². The Bertz CT molecular complexity index is 1420. The van der Waals surface area contributed by atoms with E-state index in [1.807, 2.05) is 30.3 Å². The van der Waals surface area contributed by atoms with Crippen molar-refractivity contribution in [2.45, 2.75) is 18.8 Å². The normalized spacial score (nSPS) is 16.4. The number of carbonyl (C=O) groups excluding carboxylic acids is 1. The molecule has 1 fully saturated rings. The molecule has 4 aromatic rings. The van der Waals surface area contributed by atoms with Gasteiger partial charge in [0, 0.05) is 32.1 Å². The first-order valence-corrected chi connectivity index (χ1v) is 10.6. The van der Waals surface area contributed by atoms with Crippen molar-refractivity contribution < 1.29 is 9.21 Å². The molecular formula is C24H22N4O4. The number of fused-ring (bicyclic) bond motifs is 1. The minimum absolute atomic E-state index is 0.0239. The Morgan fingerprint density at radius 2 is 1.81 bits per heavy atom. The predicted molar refractivity (Wildman–Crippen MR) is 119 cm³/mol. The largest absolute Gasteiger partial charge is 0.451 e. The number of carbonyl (C=O) groups is 1. The highest BCUT2D eigenvalue weighted by atomic mass is 16.3. The van der Waals surface area contributed by atoms with E-state index in [-0.39, 0.29) is 28.7 Å². The second kappa shape index (κ2) is 7.96. The van der Waals surface area contributed by atoms with E-state index in [0.29, 0.717) is 29.9 Å². The van der Waals surface area contributed by atoms with Crippen molar-refractivity contribution in [2.24, 2.45) is 7.05 Å². The molecule has 2 aromatic carbocycles. The fourth-order valence-corrected chi connectivity index (χ4v) is 4.31. The second-order valence-electron chi connectivity index (χ2n) is 8.00. The molecule has 3 heterocycles. The van der Waals surface area contributed by atoms with Crippen LogP contribution >= 0.6 is 0 Å². The smallest absolute Gasteiger partial charge is 0.350 e. The summed E-state index contributed by atoms with van der Waals surface area (Å²) in [5.41, 5.74) is 0.658. The van der Waals surface area contributed by atoms with Crippen molar-refractivity contribution in [2.75, 3.05) is 13.1 Å². The average molecular weight is 430 g/mol.